The molecule has 0 aromatic rings. The van der Waals surface area contributed by atoms with Crippen molar-refractivity contribution in [3.05, 3.63) is 11.6 Å². The molecule has 0 unspecified atom stereocenters. The molecule has 5 N–H and O–H groups in total. The summed E-state index contributed by atoms with van der Waals surface area (Å²) in [5, 5.41) is 31.0. The monoisotopic (exact) mass is 521 g/mol. The molecule has 37 heavy (non-hydrogen) atoms. The predicted octanol–water partition coefficient (Wildman–Crippen LogP) is 2.41. The van der Waals surface area contributed by atoms with Crippen LogP contribution in [0, 0.1) is 34.5 Å². The maximum atomic E-state index is 12.9. The number of ether oxygens (including phenoxy) is 1. The number of carbonyl (C=O) groups is 4. The molecule has 4 aliphatic carbocycles. The Hall–Kier alpha value is -2.10. The molecule has 208 valence electrons. The third-order valence-electron chi connectivity index (χ3n) is 9.92. The van der Waals surface area contributed by atoms with Crippen LogP contribution < -0.4 is 5.73 Å². The fourth-order valence-electron chi connectivity index (χ4n) is 7.72. The van der Waals surface area contributed by atoms with Crippen molar-refractivity contribution in [2.45, 2.75) is 97.3 Å². The van der Waals surface area contributed by atoms with Crippen molar-refractivity contribution in [2.75, 3.05) is 6.61 Å². The van der Waals surface area contributed by atoms with E-state index in [1.54, 1.807) is 19.9 Å². The van der Waals surface area contributed by atoms with Gasteiger partial charge in [0.15, 0.2) is 12.4 Å². The van der Waals surface area contributed by atoms with E-state index in [-0.39, 0.29) is 34.9 Å². The summed E-state index contributed by atoms with van der Waals surface area (Å²) >= 11 is 0. The fraction of sp³-hybridized carbons (Fsp3) is 0.786. The zero-order chi connectivity index (χ0) is 27.9. The maximum absolute atomic E-state index is 12.9. The summed E-state index contributed by atoms with van der Waals surface area (Å²) in [7, 11) is 0. The summed E-state index contributed by atoms with van der Waals surface area (Å²) in [6.45, 7) is 8.48. The first kappa shape index (κ1) is 29.5. The van der Waals surface area contributed by atoms with Crippen LogP contribution in [-0.4, -0.2) is 63.2 Å². The number of hydrogen-bond acceptors (Lipinski definition) is 8. The Morgan fingerprint density at radius 2 is 1.81 bits per heavy atom. The summed E-state index contributed by atoms with van der Waals surface area (Å²) in [5.74, 6) is -1.37. The first-order valence-electron chi connectivity index (χ1n) is 13.4. The van der Waals surface area contributed by atoms with Gasteiger partial charge in [-0.3, -0.25) is 19.2 Å². The molecule has 0 radical (unpaired) electrons. The maximum Gasteiger partial charge on any atom is 0.320 e. The molecular formula is C28H43NO8. The second kappa shape index (κ2) is 10.6. The third kappa shape index (κ3) is 5.14. The van der Waals surface area contributed by atoms with Crippen molar-refractivity contribution >= 4 is 23.5 Å². The first-order chi connectivity index (χ1) is 17.1. The number of aliphatic hydroxyl groups excluding tert-OH is 1. The van der Waals surface area contributed by atoms with E-state index in [4.69, 9.17) is 15.6 Å². The zero-order valence-corrected chi connectivity index (χ0v) is 22.7. The molecule has 9 nitrogen and oxygen atoms in total. The molecule has 0 bridgehead atoms. The van der Waals surface area contributed by atoms with Gasteiger partial charge in [-0.05, 0) is 73.7 Å². The predicted molar refractivity (Wildman–Crippen MR) is 135 cm³/mol. The molecule has 4 rings (SSSR count). The zero-order valence-electron chi connectivity index (χ0n) is 22.7. The van der Waals surface area contributed by atoms with Gasteiger partial charge in [0, 0.05) is 18.8 Å². The van der Waals surface area contributed by atoms with E-state index in [1.165, 1.54) is 6.92 Å². The van der Waals surface area contributed by atoms with Crippen molar-refractivity contribution in [3.63, 3.8) is 0 Å². The normalized spacial score (nSPS) is 39.3. The van der Waals surface area contributed by atoms with Crippen molar-refractivity contribution in [2.24, 2.45) is 40.2 Å². The molecule has 0 aromatic heterocycles. The minimum absolute atomic E-state index is 0.0208. The van der Waals surface area contributed by atoms with Crippen molar-refractivity contribution in [3.8, 4) is 0 Å². The van der Waals surface area contributed by atoms with Crippen molar-refractivity contribution in [1.82, 2.24) is 0 Å². The summed E-state index contributed by atoms with van der Waals surface area (Å²) in [6.07, 6.45) is 5.54. The molecule has 3 fully saturated rings. The lowest BCUT2D eigenvalue weighted by Gasteiger charge is -2.60. The number of allylic oxidation sites excluding steroid dienone is 1. The minimum atomic E-state index is -1.58. The Balaban J connectivity index is 0.000000414. The highest BCUT2D eigenvalue weighted by Crippen LogP contribution is 2.67. The number of carboxylic acids is 1. The number of aliphatic carboxylic acids is 1. The van der Waals surface area contributed by atoms with E-state index in [0.717, 1.165) is 31.3 Å². The number of carbonyl (C=O) groups excluding carboxylic acids is 3. The van der Waals surface area contributed by atoms with Gasteiger partial charge in [0.25, 0.3) is 0 Å². The number of rotatable bonds is 5. The van der Waals surface area contributed by atoms with E-state index >= 15 is 0 Å². The van der Waals surface area contributed by atoms with Crippen LogP contribution in [0.25, 0.3) is 0 Å². The van der Waals surface area contributed by atoms with Gasteiger partial charge < -0.3 is 25.8 Å². The topological polar surface area (TPSA) is 164 Å². The number of esters is 1. The molecular weight excluding hydrogens is 478 g/mol. The van der Waals surface area contributed by atoms with Crippen LogP contribution in [-0.2, 0) is 23.9 Å². The van der Waals surface area contributed by atoms with Gasteiger partial charge in [-0.25, -0.2) is 0 Å². The molecule has 0 aliphatic heterocycles. The van der Waals surface area contributed by atoms with E-state index in [2.05, 4.69) is 6.92 Å². The van der Waals surface area contributed by atoms with E-state index < -0.39 is 47.5 Å². The highest BCUT2D eigenvalue weighted by atomic mass is 16.5. The van der Waals surface area contributed by atoms with Crippen LogP contribution in [0.4, 0.5) is 0 Å². The van der Waals surface area contributed by atoms with Gasteiger partial charge in [-0.15, -0.1) is 0 Å². The molecule has 0 amide bonds. The minimum Gasteiger partial charge on any atom is -0.480 e. The van der Waals surface area contributed by atoms with E-state index in [9.17, 15) is 29.4 Å². The first-order valence-corrected chi connectivity index (χ1v) is 13.4. The summed E-state index contributed by atoms with van der Waals surface area (Å²) < 4.78 is 4.89. The van der Waals surface area contributed by atoms with Gasteiger partial charge in [-0.1, -0.05) is 33.3 Å². The van der Waals surface area contributed by atoms with Crippen molar-refractivity contribution in [1.29, 1.82) is 0 Å². The largest absolute Gasteiger partial charge is 0.480 e. The average Bonchev–Trinajstić information content (AvgIpc) is 3.08. The number of hydrogen-bond donors (Lipinski definition) is 4. The van der Waals surface area contributed by atoms with Gasteiger partial charge >= 0.3 is 11.9 Å². The van der Waals surface area contributed by atoms with E-state index in [1.807, 2.05) is 6.92 Å². The van der Waals surface area contributed by atoms with E-state index in [0.29, 0.717) is 19.3 Å². The molecule has 0 aromatic carbocycles. The summed E-state index contributed by atoms with van der Waals surface area (Å²) in [6, 6.07) is -0.713. The Kier molecular flexibility index (Phi) is 8.42. The lowest BCUT2D eigenvalue weighted by Crippen LogP contribution is -2.62. The van der Waals surface area contributed by atoms with Gasteiger partial charge in [-0.2, -0.15) is 0 Å². The number of fused-ring (bicyclic) bond motifs is 5. The van der Waals surface area contributed by atoms with Crippen LogP contribution >= 0.6 is 0 Å². The van der Waals surface area contributed by atoms with Gasteiger partial charge in [0.1, 0.15) is 11.6 Å². The molecule has 0 saturated heterocycles. The second-order valence-corrected chi connectivity index (χ2v) is 12.3. The molecule has 4 aliphatic rings. The Labute approximate surface area is 218 Å². The number of nitrogens with two attached hydrogens (primary N) is 1. The quantitative estimate of drug-likeness (QED) is 0.398. The van der Waals surface area contributed by atoms with Crippen LogP contribution in [0.3, 0.4) is 0 Å². The average molecular weight is 522 g/mol. The fourth-order valence-corrected chi connectivity index (χ4v) is 7.72. The molecule has 3 saturated carbocycles. The second-order valence-electron chi connectivity index (χ2n) is 12.3. The SMILES string of the molecule is CC(=O)OCC(=O)[C@@]1(O)CC[C@H]2[C@@H]3CCC4=CC(=O)CC[C@]4(C)[C@H]3[C@@H](O)C[C@@]21C.CC(C)[C@H](N)C(=O)O. The lowest BCUT2D eigenvalue weighted by atomic mass is 9.45. The van der Waals surface area contributed by atoms with Crippen molar-refractivity contribution < 1.29 is 39.2 Å². The highest BCUT2D eigenvalue weighted by molar-refractivity contribution is 5.92. The summed E-state index contributed by atoms with van der Waals surface area (Å²) in [5.41, 5.74) is 3.80. The Morgan fingerprint density at radius 3 is 2.35 bits per heavy atom. The van der Waals surface area contributed by atoms with Gasteiger partial charge in [0.2, 0.25) is 5.78 Å². The molecule has 0 heterocycles. The number of ketones is 2. The number of Topliss-reactive ketones (excluding diaryl/α,β-unsaturated/α-hetero) is 1. The third-order valence-corrected chi connectivity index (χ3v) is 9.92. The smallest absolute Gasteiger partial charge is 0.320 e. The van der Waals surface area contributed by atoms with Crippen LogP contribution in [0.15, 0.2) is 11.6 Å². The molecule has 8 atom stereocenters. The lowest BCUT2D eigenvalue weighted by molar-refractivity contribution is -0.184. The van der Waals surface area contributed by atoms with Crippen LogP contribution in [0.2, 0.25) is 0 Å². The Morgan fingerprint density at radius 1 is 1.16 bits per heavy atom. The van der Waals surface area contributed by atoms with Crippen LogP contribution in [0.1, 0.15) is 79.6 Å². The standard InChI is InChI=1S/C23H32O6.C5H11NO2/c1-13(24)29-12-19(27)23(28)9-7-17-16-5-4-14-10-15(25)6-8-21(14,2)20(16)18(26)11-22(17,23)3;1-3(2)4(6)5(7)8/h10,16-18,20,26,28H,4-9,11-12H2,1-3H3;3-4H,6H2,1-2H3,(H,7,8)/t16-,17-,18-,20+,21-,22-,23-;4-/m00/s1. The number of carboxylic acid groups (broad SMARTS) is 1. The van der Waals surface area contributed by atoms with Gasteiger partial charge in [0.05, 0.1) is 6.10 Å². The van der Waals surface area contributed by atoms with Crippen LogP contribution in [0.5, 0.6) is 0 Å². The molecule has 0 spiro atoms. The highest BCUT2D eigenvalue weighted by Gasteiger charge is 2.68. The molecule has 9 heteroatoms. The number of aliphatic hydroxyl groups is 2. The summed E-state index contributed by atoms with van der Waals surface area (Å²) in [4.78, 5) is 46.0. The Bertz CT molecular complexity index is 975.